The lowest BCUT2D eigenvalue weighted by Gasteiger charge is -2.18. The molecule has 1 aromatic rings. The minimum absolute atomic E-state index is 0.164. The fourth-order valence-electron chi connectivity index (χ4n) is 2.10. The van der Waals surface area contributed by atoms with E-state index in [-0.39, 0.29) is 4.91 Å². The predicted molar refractivity (Wildman–Crippen MR) is 96.6 cm³/mol. The second kappa shape index (κ2) is 8.37. The number of carboxylic acid groups (broad SMARTS) is 1. The van der Waals surface area contributed by atoms with Crippen molar-refractivity contribution in [3.63, 3.8) is 0 Å². The zero-order valence-corrected chi connectivity index (χ0v) is 16.1. The van der Waals surface area contributed by atoms with Crippen molar-refractivity contribution in [3.05, 3.63) is 33.1 Å². The average Bonchev–Trinajstić information content (AvgIpc) is 2.86. The molecule has 2 rings (SSSR count). The Bertz CT molecular complexity index is 808. The van der Waals surface area contributed by atoms with Crippen LogP contribution in [0, 0.1) is 0 Å². The summed E-state index contributed by atoms with van der Waals surface area (Å²) >= 11 is 3.98. The summed E-state index contributed by atoms with van der Waals surface area (Å²) in [5.41, 5.74) is 0.593. The smallest absolute Gasteiger partial charge is 0.341 e. The summed E-state index contributed by atoms with van der Waals surface area (Å²) in [7, 11) is 1.18. The molecule has 26 heavy (non-hydrogen) atoms. The van der Waals surface area contributed by atoms with E-state index in [9.17, 15) is 19.2 Å². The summed E-state index contributed by atoms with van der Waals surface area (Å²) in [6, 6.07) is 3.76. The summed E-state index contributed by atoms with van der Waals surface area (Å²) in [5, 5.41) is 8.08. The summed E-state index contributed by atoms with van der Waals surface area (Å²) in [5.74, 6) is -2.04. The lowest BCUT2D eigenvalue weighted by molar-refractivity contribution is -0.148. The van der Waals surface area contributed by atoms with Crippen molar-refractivity contribution < 1.29 is 33.8 Å². The molecule has 1 aliphatic rings. The number of carboxylic acids is 1. The number of hydrogen-bond donors (Lipinski definition) is 1. The van der Waals surface area contributed by atoms with E-state index in [2.05, 4.69) is 20.7 Å². The highest BCUT2D eigenvalue weighted by molar-refractivity contribution is 9.10. The van der Waals surface area contributed by atoms with Crippen LogP contribution < -0.4 is 4.74 Å². The zero-order chi connectivity index (χ0) is 19.4. The molecule has 0 saturated carbocycles. The van der Waals surface area contributed by atoms with Crippen LogP contribution in [0.2, 0.25) is 0 Å². The molecule has 1 atom stereocenters. The van der Waals surface area contributed by atoms with Gasteiger partial charge in [-0.2, -0.15) is 0 Å². The maximum Gasteiger partial charge on any atom is 0.341 e. The number of methoxy groups -OCH3 is 1. The SMILES string of the molecule is COC(=O)[C@@H](C)N1C(=O)S/C(=C/c2ccc(OCC(=O)O)c(Br)c2)C1=O. The highest BCUT2D eigenvalue weighted by Crippen LogP contribution is 2.35. The topological polar surface area (TPSA) is 110 Å². The van der Waals surface area contributed by atoms with E-state index in [1.54, 1.807) is 18.2 Å². The molecule has 0 spiro atoms. The van der Waals surface area contributed by atoms with Gasteiger partial charge in [0.2, 0.25) is 0 Å². The molecule has 1 aromatic carbocycles. The number of nitrogens with zero attached hydrogens (tertiary/aromatic N) is 1. The number of imide groups is 1. The van der Waals surface area contributed by atoms with Gasteiger partial charge in [0.15, 0.2) is 6.61 Å². The number of thioether (sulfide) groups is 1. The quantitative estimate of drug-likeness (QED) is 0.527. The van der Waals surface area contributed by atoms with Crippen LogP contribution in [0.3, 0.4) is 0 Å². The first-order valence-electron chi connectivity index (χ1n) is 7.23. The lowest BCUT2D eigenvalue weighted by atomic mass is 10.2. The van der Waals surface area contributed by atoms with Crippen molar-refractivity contribution in [2.75, 3.05) is 13.7 Å². The zero-order valence-electron chi connectivity index (χ0n) is 13.7. The highest BCUT2D eigenvalue weighted by Gasteiger charge is 2.41. The second-order valence-electron chi connectivity index (χ2n) is 5.12. The second-order valence-corrected chi connectivity index (χ2v) is 6.97. The van der Waals surface area contributed by atoms with Crippen LogP contribution >= 0.6 is 27.7 Å². The van der Waals surface area contributed by atoms with Crippen LogP contribution in [-0.2, 0) is 19.1 Å². The molecule has 1 heterocycles. The van der Waals surface area contributed by atoms with Crippen molar-refractivity contribution in [3.8, 4) is 5.75 Å². The molecule has 8 nitrogen and oxygen atoms in total. The monoisotopic (exact) mass is 443 g/mol. The van der Waals surface area contributed by atoms with Crippen molar-refractivity contribution in [1.29, 1.82) is 0 Å². The number of amides is 2. The summed E-state index contributed by atoms with van der Waals surface area (Å²) in [6.45, 7) is 0.929. The predicted octanol–water partition coefficient (Wildman–Crippen LogP) is 2.51. The summed E-state index contributed by atoms with van der Waals surface area (Å²) in [4.78, 5) is 47.6. The molecule has 0 unspecified atom stereocenters. The largest absolute Gasteiger partial charge is 0.481 e. The van der Waals surface area contributed by atoms with Crippen LogP contribution in [0.25, 0.3) is 6.08 Å². The minimum atomic E-state index is -1.10. The van der Waals surface area contributed by atoms with E-state index in [4.69, 9.17) is 9.84 Å². The number of carbonyl (C=O) groups excluding carboxylic acids is 3. The Labute approximate surface area is 161 Å². The molecule has 2 amide bonds. The first-order valence-corrected chi connectivity index (χ1v) is 8.84. The molecule has 0 aliphatic carbocycles. The van der Waals surface area contributed by atoms with Crippen molar-refractivity contribution >= 4 is 56.9 Å². The fourth-order valence-corrected chi connectivity index (χ4v) is 3.52. The Morgan fingerprint density at radius 3 is 2.65 bits per heavy atom. The number of esters is 1. The Hall–Kier alpha value is -2.33. The van der Waals surface area contributed by atoms with Crippen LogP contribution in [-0.4, -0.2) is 52.8 Å². The van der Waals surface area contributed by atoms with Crippen molar-refractivity contribution in [2.45, 2.75) is 13.0 Å². The van der Waals surface area contributed by atoms with E-state index in [0.29, 0.717) is 15.8 Å². The molecule has 1 fully saturated rings. The number of rotatable bonds is 6. The van der Waals surface area contributed by atoms with Crippen LogP contribution in [0.5, 0.6) is 5.75 Å². The molecule has 0 aromatic heterocycles. The van der Waals surface area contributed by atoms with E-state index in [1.807, 2.05) is 0 Å². The van der Waals surface area contributed by atoms with Gasteiger partial charge in [-0.15, -0.1) is 0 Å². The van der Waals surface area contributed by atoms with Gasteiger partial charge in [0.05, 0.1) is 16.5 Å². The van der Waals surface area contributed by atoms with Gasteiger partial charge in [-0.1, -0.05) is 6.07 Å². The van der Waals surface area contributed by atoms with Gasteiger partial charge >= 0.3 is 11.9 Å². The van der Waals surface area contributed by atoms with Gasteiger partial charge < -0.3 is 14.6 Å². The maximum atomic E-state index is 12.4. The number of carbonyl (C=O) groups is 4. The van der Waals surface area contributed by atoms with Crippen molar-refractivity contribution in [1.82, 2.24) is 4.90 Å². The molecule has 1 N–H and O–H groups in total. The number of benzene rings is 1. The fraction of sp³-hybridized carbons (Fsp3) is 0.250. The van der Waals surface area contributed by atoms with E-state index >= 15 is 0 Å². The normalized spacial score (nSPS) is 16.7. The number of hydrogen-bond acceptors (Lipinski definition) is 7. The first-order chi connectivity index (χ1) is 12.2. The van der Waals surface area contributed by atoms with Crippen molar-refractivity contribution in [2.24, 2.45) is 0 Å². The molecule has 10 heteroatoms. The molecule has 0 radical (unpaired) electrons. The minimum Gasteiger partial charge on any atom is -0.481 e. The van der Waals surface area contributed by atoms with Crippen LogP contribution in [0.1, 0.15) is 12.5 Å². The van der Waals surface area contributed by atoms with Gasteiger partial charge in [0.25, 0.3) is 11.1 Å². The van der Waals surface area contributed by atoms with E-state index < -0.39 is 35.7 Å². The lowest BCUT2D eigenvalue weighted by Crippen LogP contribution is -2.42. The molecule has 1 saturated heterocycles. The molecule has 138 valence electrons. The average molecular weight is 444 g/mol. The third-order valence-corrected chi connectivity index (χ3v) is 4.86. The molecular weight excluding hydrogens is 430 g/mol. The van der Waals surface area contributed by atoms with Gasteiger partial charge in [-0.05, 0) is 58.4 Å². The van der Waals surface area contributed by atoms with Gasteiger partial charge in [-0.25, -0.2) is 9.59 Å². The maximum absolute atomic E-state index is 12.4. The number of ether oxygens (including phenoxy) is 2. The van der Waals surface area contributed by atoms with E-state index in [1.165, 1.54) is 20.1 Å². The molecular formula is C16H14BrNO7S. The molecule has 0 bridgehead atoms. The Morgan fingerprint density at radius 2 is 2.08 bits per heavy atom. The third kappa shape index (κ3) is 4.44. The molecule has 1 aliphatic heterocycles. The van der Waals surface area contributed by atoms with Crippen LogP contribution in [0.4, 0.5) is 4.79 Å². The van der Waals surface area contributed by atoms with Gasteiger partial charge in [-0.3, -0.25) is 14.5 Å². The highest BCUT2D eigenvalue weighted by atomic mass is 79.9. The standard InChI is InChI=1S/C16H14BrNO7S/c1-8(15(22)24-2)18-14(21)12(26-16(18)23)6-9-3-4-11(10(17)5-9)25-7-13(19)20/h3-6,8H,7H2,1-2H3,(H,19,20)/b12-6+/t8-/m1/s1. The third-order valence-electron chi connectivity index (χ3n) is 3.36. The first kappa shape index (κ1) is 20.0. The van der Waals surface area contributed by atoms with Gasteiger partial charge in [0.1, 0.15) is 11.8 Å². The summed E-state index contributed by atoms with van der Waals surface area (Å²) in [6.07, 6.45) is 1.50. The van der Waals surface area contributed by atoms with Gasteiger partial charge in [0, 0.05) is 0 Å². The van der Waals surface area contributed by atoms with Crippen LogP contribution in [0.15, 0.2) is 27.6 Å². The number of halogens is 1. The van der Waals surface area contributed by atoms with E-state index in [0.717, 1.165) is 16.7 Å². The Morgan fingerprint density at radius 1 is 1.38 bits per heavy atom. The number of aliphatic carboxylic acids is 1. The summed E-state index contributed by atoms with van der Waals surface area (Å²) < 4.78 is 10.2. The Kier molecular flexibility index (Phi) is 6.43. The Balaban J connectivity index is 2.21.